The van der Waals surface area contributed by atoms with Crippen molar-refractivity contribution < 1.29 is 4.74 Å². The van der Waals surface area contributed by atoms with E-state index in [1.54, 1.807) is 6.20 Å². The molecule has 118 valence electrons. The fourth-order valence-corrected chi connectivity index (χ4v) is 2.55. The summed E-state index contributed by atoms with van der Waals surface area (Å²) in [4.78, 5) is 4.24. The summed E-state index contributed by atoms with van der Waals surface area (Å²) in [6, 6.07) is 10.1. The Morgan fingerprint density at radius 1 is 1.27 bits per heavy atom. The number of hydrogen-bond donors (Lipinski definition) is 1. The van der Waals surface area contributed by atoms with E-state index in [2.05, 4.69) is 59.1 Å². The largest absolute Gasteiger partial charge is 0.493 e. The van der Waals surface area contributed by atoms with Crippen LogP contribution in [-0.2, 0) is 0 Å². The van der Waals surface area contributed by atoms with E-state index in [0.717, 1.165) is 29.0 Å². The highest BCUT2D eigenvalue weighted by Gasteiger charge is 2.10. The quantitative estimate of drug-likeness (QED) is 0.690. The molecule has 0 saturated carbocycles. The minimum Gasteiger partial charge on any atom is -0.493 e. The lowest BCUT2D eigenvalue weighted by Crippen LogP contribution is -2.09. The van der Waals surface area contributed by atoms with Gasteiger partial charge in [0.25, 0.3) is 0 Å². The third kappa shape index (κ3) is 4.73. The number of anilines is 1. The topological polar surface area (TPSA) is 34.1 Å². The van der Waals surface area contributed by atoms with E-state index in [1.807, 2.05) is 18.2 Å². The fraction of sp³-hybridized carbons (Fsp3) is 0.389. The molecule has 0 atom stereocenters. The number of benzene rings is 1. The van der Waals surface area contributed by atoms with Crippen molar-refractivity contribution in [2.45, 2.75) is 33.1 Å². The first-order chi connectivity index (χ1) is 10.6. The zero-order chi connectivity index (χ0) is 15.9. The average molecular weight is 363 g/mol. The summed E-state index contributed by atoms with van der Waals surface area (Å²) in [6.07, 6.45) is 2.72. The molecule has 1 N–H and O–H groups in total. The molecule has 1 aromatic heterocycles. The lowest BCUT2D eigenvalue weighted by Gasteiger charge is -2.16. The van der Waals surface area contributed by atoms with Crippen LogP contribution in [0.15, 0.2) is 41.0 Å². The van der Waals surface area contributed by atoms with Gasteiger partial charge in [0.2, 0.25) is 0 Å². The summed E-state index contributed by atoms with van der Waals surface area (Å²) in [7, 11) is 0. The van der Waals surface area contributed by atoms with Crippen molar-refractivity contribution in [1.82, 2.24) is 4.98 Å². The zero-order valence-electron chi connectivity index (χ0n) is 13.4. The molecule has 0 fully saturated rings. The first kappa shape index (κ1) is 16.8. The molecule has 0 aliphatic carbocycles. The molecule has 0 spiro atoms. The highest BCUT2D eigenvalue weighted by atomic mass is 79.9. The Hall–Kier alpha value is -1.55. The molecule has 0 amide bonds. The maximum Gasteiger partial charge on any atom is 0.125 e. The smallest absolute Gasteiger partial charge is 0.125 e. The van der Waals surface area contributed by atoms with Gasteiger partial charge in [-0.3, -0.25) is 0 Å². The van der Waals surface area contributed by atoms with Crippen molar-refractivity contribution >= 4 is 21.7 Å². The van der Waals surface area contributed by atoms with Gasteiger partial charge in [0, 0.05) is 17.2 Å². The van der Waals surface area contributed by atoms with Crippen LogP contribution >= 0.6 is 15.9 Å². The van der Waals surface area contributed by atoms with Gasteiger partial charge >= 0.3 is 0 Å². The number of halogens is 1. The Labute approximate surface area is 141 Å². The summed E-state index contributed by atoms with van der Waals surface area (Å²) in [5, 5.41) is 3.29. The van der Waals surface area contributed by atoms with Crippen LogP contribution in [-0.4, -0.2) is 18.1 Å². The van der Waals surface area contributed by atoms with E-state index in [-0.39, 0.29) is 0 Å². The molecule has 0 aliphatic rings. The second kappa shape index (κ2) is 8.18. The number of aryl methyl sites for hydroxylation is 1. The van der Waals surface area contributed by atoms with Crippen LogP contribution in [0.5, 0.6) is 5.75 Å². The predicted octanol–water partition coefficient (Wildman–Crippen LogP) is 5.16. The highest BCUT2D eigenvalue weighted by molar-refractivity contribution is 9.10. The third-order valence-electron chi connectivity index (χ3n) is 3.46. The van der Waals surface area contributed by atoms with Gasteiger partial charge in [0.15, 0.2) is 0 Å². The molecular formula is C18H23BrN2O. The molecule has 22 heavy (non-hydrogen) atoms. The van der Waals surface area contributed by atoms with Crippen LogP contribution in [0.4, 0.5) is 5.82 Å². The van der Waals surface area contributed by atoms with E-state index >= 15 is 0 Å². The van der Waals surface area contributed by atoms with E-state index in [9.17, 15) is 0 Å². The van der Waals surface area contributed by atoms with Crippen molar-refractivity contribution in [3.05, 3.63) is 52.1 Å². The molecule has 2 rings (SSSR count). The summed E-state index contributed by atoms with van der Waals surface area (Å²) >= 11 is 3.59. The number of nitrogens with zero attached hydrogens (tertiary/aromatic N) is 1. The summed E-state index contributed by atoms with van der Waals surface area (Å²) < 4.78 is 7.13. The molecule has 1 aromatic carbocycles. The number of nitrogens with one attached hydrogen (secondary N) is 1. The molecule has 3 nitrogen and oxygen atoms in total. The van der Waals surface area contributed by atoms with Crippen LogP contribution in [0.1, 0.15) is 37.3 Å². The summed E-state index contributed by atoms with van der Waals surface area (Å²) in [5.41, 5.74) is 2.45. The molecule has 0 aliphatic heterocycles. The highest BCUT2D eigenvalue weighted by Crippen LogP contribution is 2.32. The lowest BCUT2D eigenvalue weighted by atomic mass is 10.0. The minimum absolute atomic E-state index is 0.443. The van der Waals surface area contributed by atoms with Gasteiger partial charge in [0.05, 0.1) is 6.61 Å². The van der Waals surface area contributed by atoms with Gasteiger partial charge in [-0.1, -0.05) is 35.8 Å². The minimum atomic E-state index is 0.443. The SMILES string of the molecule is Cc1cc(OCCCNc2ccccn2)c(C(C)C)cc1Br. The van der Waals surface area contributed by atoms with Crippen molar-refractivity contribution in [1.29, 1.82) is 0 Å². The van der Waals surface area contributed by atoms with Gasteiger partial charge in [-0.15, -0.1) is 0 Å². The van der Waals surface area contributed by atoms with Crippen LogP contribution in [0.3, 0.4) is 0 Å². The Balaban J connectivity index is 1.85. The number of pyridine rings is 1. The Morgan fingerprint density at radius 3 is 2.77 bits per heavy atom. The van der Waals surface area contributed by atoms with Crippen molar-refractivity contribution in [3.8, 4) is 5.75 Å². The lowest BCUT2D eigenvalue weighted by molar-refractivity contribution is 0.310. The van der Waals surface area contributed by atoms with E-state index in [0.29, 0.717) is 12.5 Å². The number of hydrogen-bond acceptors (Lipinski definition) is 3. The van der Waals surface area contributed by atoms with Crippen LogP contribution < -0.4 is 10.1 Å². The molecule has 0 bridgehead atoms. The molecule has 2 aromatic rings. The second-order valence-corrected chi connectivity index (χ2v) is 6.49. The predicted molar refractivity (Wildman–Crippen MR) is 95.8 cm³/mol. The van der Waals surface area contributed by atoms with E-state index in [1.165, 1.54) is 11.1 Å². The van der Waals surface area contributed by atoms with Crippen molar-refractivity contribution in [2.75, 3.05) is 18.5 Å². The molecule has 0 unspecified atom stereocenters. The molecule has 1 heterocycles. The van der Waals surface area contributed by atoms with Crippen molar-refractivity contribution in [3.63, 3.8) is 0 Å². The summed E-state index contributed by atoms with van der Waals surface area (Å²) in [5.74, 6) is 2.34. The van der Waals surface area contributed by atoms with Crippen LogP contribution in [0, 0.1) is 6.92 Å². The molecule has 4 heteroatoms. The Bertz CT molecular complexity index is 600. The van der Waals surface area contributed by atoms with E-state index < -0.39 is 0 Å². The standard InChI is InChI=1S/C18H23BrN2O/c1-13(2)15-12-16(19)14(3)11-17(15)22-10-6-9-21-18-7-4-5-8-20-18/h4-5,7-8,11-13H,6,9-10H2,1-3H3,(H,20,21). The van der Waals surface area contributed by atoms with Gasteiger partial charge in [0.1, 0.15) is 11.6 Å². The van der Waals surface area contributed by atoms with Crippen molar-refractivity contribution in [2.24, 2.45) is 0 Å². The first-order valence-corrected chi connectivity index (χ1v) is 8.45. The molecular weight excluding hydrogens is 340 g/mol. The first-order valence-electron chi connectivity index (χ1n) is 7.65. The summed E-state index contributed by atoms with van der Waals surface area (Å²) in [6.45, 7) is 8.01. The van der Waals surface area contributed by atoms with Crippen LogP contribution in [0.25, 0.3) is 0 Å². The third-order valence-corrected chi connectivity index (χ3v) is 4.32. The van der Waals surface area contributed by atoms with Crippen LogP contribution in [0.2, 0.25) is 0 Å². The van der Waals surface area contributed by atoms with Gasteiger partial charge in [-0.2, -0.15) is 0 Å². The Kier molecular flexibility index (Phi) is 6.25. The van der Waals surface area contributed by atoms with Gasteiger partial charge < -0.3 is 10.1 Å². The maximum absolute atomic E-state index is 5.99. The van der Waals surface area contributed by atoms with Gasteiger partial charge in [-0.25, -0.2) is 4.98 Å². The second-order valence-electron chi connectivity index (χ2n) is 5.64. The van der Waals surface area contributed by atoms with Gasteiger partial charge in [-0.05, 0) is 54.7 Å². The maximum atomic E-state index is 5.99. The Morgan fingerprint density at radius 2 is 2.09 bits per heavy atom. The zero-order valence-corrected chi connectivity index (χ0v) is 15.0. The fourth-order valence-electron chi connectivity index (χ4n) is 2.18. The normalized spacial score (nSPS) is 10.8. The molecule has 0 radical (unpaired) electrons. The monoisotopic (exact) mass is 362 g/mol. The molecule has 0 saturated heterocycles. The number of ether oxygens (including phenoxy) is 1. The van der Waals surface area contributed by atoms with E-state index in [4.69, 9.17) is 4.74 Å². The number of rotatable bonds is 7. The number of aromatic nitrogens is 1. The average Bonchev–Trinajstić information content (AvgIpc) is 2.51.